The van der Waals surface area contributed by atoms with E-state index in [0.29, 0.717) is 17.9 Å². The van der Waals surface area contributed by atoms with Crippen molar-refractivity contribution in [2.75, 3.05) is 33.3 Å². The second kappa shape index (κ2) is 11.1. The van der Waals surface area contributed by atoms with Gasteiger partial charge in [0.15, 0.2) is 0 Å². The number of benzene rings is 1. The molecule has 2 heterocycles. The molecular weight excluding hydrogens is 438 g/mol. The van der Waals surface area contributed by atoms with Crippen molar-refractivity contribution in [3.05, 3.63) is 53.9 Å². The topological polar surface area (TPSA) is 83.0 Å². The van der Waals surface area contributed by atoms with Crippen LogP contribution in [0.3, 0.4) is 0 Å². The Hall–Kier alpha value is -2.44. The van der Waals surface area contributed by atoms with E-state index in [-0.39, 0.29) is 30.1 Å². The van der Waals surface area contributed by atoms with Gasteiger partial charge >= 0.3 is 0 Å². The molecule has 1 aromatic heterocycles. The second-order valence-corrected chi connectivity index (χ2v) is 10.5. The second-order valence-electron chi connectivity index (χ2n) is 8.65. The molecule has 0 radical (unpaired) electrons. The third kappa shape index (κ3) is 6.12. The van der Waals surface area contributed by atoms with E-state index in [2.05, 4.69) is 28.6 Å². The molecule has 3 rings (SSSR count). The first kappa shape index (κ1) is 25.2. The minimum atomic E-state index is -3.85. The zero-order chi connectivity index (χ0) is 24.0. The highest BCUT2D eigenvalue weighted by molar-refractivity contribution is 7.89. The van der Waals surface area contributed by atoms with Crippen molar-refractivity contribution >= 4 is 10.0 Å². The smallest absolute Gasteiger partial charge is 0.247 e. The van der Waals surface area contributed by atoms with Gasteiger partial charge in [-0.15, -0.1) is 0 Å². The first-order chi connectivity index (χ1) is 15.8. The van der Waals surface area contributed by atoms with Crippen LogP contribution < -0.4 is 4.74 Å². The maximum absolute atomic E-state index is 13.5. The first-order valence-corrected chi connectivity index (χ1v) is 12.7. The summed E-state index contributed by atoms with van der Waals surface area (Å²) in [5.41, 5.74) is 1.48. The largest absolute Gasteiger partial charge is 0.487 e. The number of aliphatic hydroxyl groups excluding tert-OH is 1. The predicted octanol–water partition coefficient (Wildman–Crippen LogP) is 2.59. The van der Waals surface area contributed by atoms with Gasteiger partial charge in [0, 0.05) is 48.6 Å². The molecule has 8 heteroatoms. The Balaban J connectivity index is 2.05. The molecule has 0 saturated heterocycles. The number of rotatable bonds is 6. The summed E-state index contributed by atoms with van der Waals surface area (Å²) >= 11 is 0. The number of aromatic nitrogens is 1. The average molecular weight is 472 g/mol. The number of pyridine rings is 1. The molecule has 0 bridgehead atoms. The van der Waals surface area contributed by atoms with Gasteiger partial charge in [0.05, 0.1) is 6.61 Å². The molecule has 7 nitrogen and oxygen atoms in total. The number of hydrogen-bond acceptors (Lipinski definition) is 6. The van der Waals surface area contributed by atoms with Crippen molar-refractivity contribution in [3.63, 3.8) is 0 Å². The molecule has 0 saturated carbocycles. The maximum atomic E-state index is 13.5. The van der Waals surface area contributed by atoms with Crippen LogP contribution in [0.4, 0.5) is 0 Å². The highest BCUT2D eigenvalue weighted by Crippen LogP contribution is 2.34. The number of nitrogens with zero attached hydrogens (tertiary/aromatic N) is 3. The molecule has 33 heavy (non-hydrogen) atoms. The molecule has 3 atom stereocenters. The molecule has 0 unspecified atom stereocenters. The fourth-order valence-corrected chi connectivity index (χ4v) is 5.71. The van der Waals surface area contributed by atoms with Crippen LogP contribution in [0.5, 0.6) is 5.75 Å². The van der Waals surface area contributed by atoms with Crippen molar-refractivity contribution in [3.8, 4) is 17.6 Å². The van der Waals surface area contributed by atoms with Gasteiger partial charge in [0.25, 0.3) is 0 Å². The van der Waals surface area contributed by atoms with Crippen LogP contribution in [0.1, 0.15) is 38.3 Å². The lowest BCUT2D eigenvalue weighted by Crippen LogP contribution is -2.49. The van der Waals surface area contributed by atoms with Gasteiger partial charge in [-0.3, -0.25) is 4.98 Å². The van der Waals surface area contributed by atoms with E-state index in [0.717, 1.165) is 18.5 Å². The molecule has 1 aromatic carbocycles. The van der Waals surface area contributed by atoms with Crippen LogP contribution in [-0.2, 0) is 10.0 Å². The lowest BCUT2D eigenvalue weighted by atomic mass is 10.0. The van der Waals surface area contributed by atoms with Crippen molar-refractivity contribution in [2.45, 2.75) is 44.2 Å². The summed E-state index contributed by atoms with van der Waals surface area (Å²) in [4.78, 5) is 6.29. The number of hydrogen-bond donors (Lipinski definition) is 1. The van der Waals surface area contributed by atoms with Crippen LogP contribution in [0.15, 0.2) is 47.6 Å². The molecule has 0 amide bonds. The van der Waals surface area contributed by atoms with Crippen molar-refractivity contribution < 1.29 is 18.3 Å². The Kier molecular flexibility index (Phi) is 8.49. The summed E-state index contributed by atoms with van der Waals surface area (Å²) in [5, 5.41) is 9.75. The Bertz CT molecular complexity index is 1100. The third-order valence-electron chi connectivity index (χ3n) is 5.80. The first-order valence-electron chi connectivity index (χ1n) is 11.3. The van der Waals surface area contributed by atoms with Gasteiger partial charge in [-0.05, 0) is 57.3 Å². The lowest BCUT2D eigenvalue weighted by molar-refractivity contribution is 0.0752. The highest BCUT2D eigenvalue weighted by atomic mass is 32.2. The van der Waals surface area contributed by atoms with Crippen LogP contribution in [0.2, 0.25) is 0 Å². The van der Waals surface area contributed by atoms with Crippen molar-refractivity contribution in [1.82, 2.24) is 14.2 Å². The average Bonchev–Trinajstić information content (AvgIpc) is 2.80. The zero-order valence-electron chi connectivity index (χ0n) is 19.7. The quantitative estimate of drug-likeness (QED) is 0.652. The maximum Gasteiger partial charge on any atom is 0.247 e. The Morgan fingerprint density at radius 1 is 1.24 bits per heavy atom. The van der Waals surface area contributed by atoms with E-state index in [4.69, 9.17) is 4.74 Å². The molecular formula is C25H33N3O4S. The standard InChI is InChI=1S/C25H33N3O4S/c1-5-14-27(4)17-24-19(2)16-28(20(3)18-29)33(30,31)25-9-8-22(15-23(25)32-24)7-6-21-10-12-26-13-11-21/h8-13,15,19-20,24,29H,5,14,16-18H2,1-4H3/t19-,20+,24-/m0/s1. The number of fused-ring (bicyclic) bond motifs is 1. The molecule has 0 aliphatic carbocycles. The normalized spacial score (nSPS) is 21.2. The molecule has 178 valence electrons. The van der Waals surface area contributed by atoms with E-state index >= 15 is 0 Å². The molecule has 2 aromatic rings. The van der Waals surface area contributed by atoms with Gasteiger partial charge in [-0.2, -0.15) is 4.31 Å². The van der Waals surface area contributed by atoms with Crippen LogP contribution >= 0.6 is 0 Å². The molecule has 1 aliphatic rings. The Morgan fingerprint density at radius 2 is 1.94 bits per heavy atom. The summed E-state index contributed by atoms with van der Waals surface area (Å²) in [6.07, 6.45) is 4.16. The fraction of sp³-hybridized carbons (Fsp3) is 0.480. The van der Waals surface area contributed by atoms with Gasteiger partial charge < -0.3 is 14.7 Å². The van der Waals surface area contributed by atoms with Gasteiger partial charge in [0.2, 0.25) is 10.0 Å². The monoisotopic (exact) mass is 471 g/mol. The number of sulfonamides is 1. The summed E-state index contributed by atoms with van der Waals surface area (Å²) in [6.45, 7) is 7.46. The van der Waals surface area contributed by atoms with Crippen LogP contribution in [-0.4, -0.2) is 73.1 Å². The molecule has 0 fully saturated rings. The van der Waals surface area contributed by atoms with Gasteiger partial charge in [-0.25, -0.2) is 8.42 Å². The summed E-state index contributed by atoms with van der Waals surface area (Å²) < 4.78 is 34.8. The van der Waals surface area contributed by atoms with Crippen molar-refractivity contribution in [2.24, 2.45) is 5.92 Å². The van der Waals surface area contributed by atoms with E-state index in [1.807, 2.05) is 26.1 Å². The molecule has 1 N–H and O–H groups in total. The lowest BCUT2D eigenvalue weighted by Gasteiger charge is -2.37. The molecule has 1 aliphatic heterocycles. The third-order valence-corrected chi connectivity index (χ3v) is 7.82. The van der Waals surface area contributed by atoms with E-state index in [1.54, 1.807) is 37.5 Å². The van der Waals surface area contributed by atoms with E-state index in [1.165, 1.54) is 4.31 Å². The SMILES string of the molecule is CCCN(C)C[C@@H]1Oc2cc(C#Cc3ccncc3)ccc2S(=O)(=O)N([C@H](C)CO)C[C@@H]1C. The minimum absolute atomic E-state index is 0.0761. The van der Waals surface area contributed by atoms with E-state index < -0.39 is 16.1 Å². The Labute approximate surface area is 197 Å². The zero-order valence-corrected chi connectivity index (χ0v) is 20.5. The van der Waals surface area contributed by atoms with Crippen molar-refractivity contribution in [1.29, 1.82) is 0 Å². The predicted molar refractivity (Wildman–Crippen MR) is 128 cm³/mol. The summed E-state index contributed by atoms with van der Waals surface area (Å²) in [5.74, 6) is 6.39. The number of ether oxygens (including phenoxy) is 1. The van der Waals surface area contributed by atoms with Gasteiger partial charge in [-0.1, -0.05) is 25.7 Å². The van der Waals surface area contributed by atoms with Crippen LogP contribution in [0.25, 0.3) is 0 Å². The fourth-order valence-electron chi connectivity index (χ4n) is 3.88. The van der Waals surface area contributed by atoms with Crippen LogP contribution in [0, 0.1) is 17.8 Å². The highest BCUT2D eigenvalue weighted by Gasteiger charge is 2.38. The number of likely N-dealkylation sites (N-methyl/N-ethyl adjacent to an activating group) is 1. The minimum Gasteiger partial charge on any atom is -0.487 e. The van der Waals surface area contributed by atoms with Gasteiger partial charge in [0.1, 0.15) is 16.7 Å². The Morgan fingerprint density at radius 3 is 2.61 bits per heavy atom. The van der Waals surface area contributed by atoms with E-state index in [9.17, 15) is 13.5 Å². The summed E-state index contributed by atoms with van der Waals surface area (Å²) in [6, 6.07) is 8.05. The molecule has 0 spiro atoms. The number of aliphatic hydroxyl groups is 1. The summed E-state index contributed by atoms with van der Waals surface area (Å²) in [7, 11) is -1.81.